The highest BCUT2D eigenvalue weighted by atomic mass is 16.5. The minimum absolute atomic E-state index is 0.711. The Hall–Kier alpha value is -0.830. The van der Waals surface area contributed by atoms with E-state index in [0.717, 1.165) is 0 Å². The highest BCUT2D eigenvalue weighted by molar-refractivity contribution is 5.38. The van der Waals surface area contributed by atoms with Gasteiger partial charge in [-0.15, -0.1) is 0 Å². The van der Waals surface area contributed by atoms with E-state index in [0.29, 0.717) is 0 Å². The van der Waals surface area contributed by atoms with Gasteiger partial charge in [0.05, 0.1) is 0 Å². The van der Waals surface area contributed by atoms with Crippen molar-refractivity contribution in [2.75, 3.05) is 0 Å². The molecular weight excluding hydrogens is 94.0 g/mol. The van der Waals surface area contributed by atoms with Crippen LogP contribution in [0.15, 0.2) is 12.7 Å². The minimum Gasteiger partial charge on any atom is -0.435 e. The molecule has 0 aliphatic carbocycles. The van der Waals surface area contributed by atoms with Gasteiger partial charge in [0.15, 0.2) is 6.23 Å². The summed E-state index contributed by atoms with van der Waals surface area (Å²) in [6.45, 7) is 4.42. The van der Waals surface area contributed by atoms with E-state index < -0.39 is 6.23 Å². The molecule has 0 aromatic heterocycles. The summed E-state index contributed by atoms with van der Waals surface area (Å²) in [6.07, 6.45) is 0.586. The van der Waals surface area contributed by atoms with Crippen molar-refractivity contribution < 1.29 is 9.53 Å². The molecule has 3 heteroatoms. The van der Waals surface area contributed by atoms with E-state index in [1.807, 2.05) is 0 Å². The summed E-state index contributed by atoms with van der Waals surface area (Å²) in [6, 6.07) is 0. The van der Waals surface area contributed by atoms with Crippen molar-refractivity contribution in [2.24, 2.45) is 5.73 Å². The third kappa shape index (κ3) is 2.99. The summed E-state index contributed by atoms with van der Waals surface area (Å²) in [5.74, 6) is 0. The van der Waals surface area contributed by atoms with E-state index in [-0.39, 0.29) is 0 Å². The van der Waals surface area contributed by atoms with Crippen molar-refractivity contribution in [1.29, 1.82) is 0 Å². The first kappa shape index (κ1) is 6.17. The molecule has 1 atom stereocenters. The van der Waals surface area contributed by atoms with Crippen molar-refractivity contribution in [3.8, 4) is 0 Å². The van der Waals surface area contributed by atoms with Gasteiger partial charge in [0.25, 0.3) is 0 Å². The monoisotopic (exact) mass is 100 g/mol. The summed E-state index contributed by atoms with van der Waals surface area (Å²) in [5.41, 5.74) is 4.98. The molecule has 39 valence electrons. The zero-order chi connectivity index (χ0) is 5.70. The van der Waals surface area contributed by atoms with Crippen LogP contribution in [-0.2, 0) is 9.53 Å². The number of ether oxygens (including phenoxy) is 1. The molecular formula is C4H6NO2. The molecule has 0 spiro atoms. The van der Waals surface area contributed by atoms with Crippen LogP contribution in [0.1, 0.15) is 0 Å². The van der Waals surface area contributed by atoms with Crippen LogP contribution in [0.5, 0.6) is 0 Å². The van der Waals surface area contributed by atoms with E-state index >= 15 is 0 Å². The molecule has 7 heavy (non-hydrogen) atoms. The molecule has 0 aliphatic heterocycles. The molecule has 0 aromatic carbocycles. The van der Waals surface area contributed by atoms with Crippen LogP contribution in [0.2, 0.25) is 0 Å². The van der Waals surface area contributed by atoms with Gasteiger partial charge in [0, 0.05) is 0 Å². The molecule has 0 bridgehead atoms. The first-order valence-electron chi connectivity index (χ1n) is 1.72. The molecule has 0 saturated carbocycles. The fourth-order valence-electron chi connectivity index (χ4n) is 0.104. The van der Waals surface area contributed by atoms with Gasteiger partial charge in [0.1, 0.15) is 0 Å². The van der Waals surface area contributed by atoms with Crippen molar-refractivity contribution in [2.45, 2.75) is 6.23 Å². The van der Waals surface area contributed by atoms with Crippen molar-refractivity contribution in [3.63, 3.8) is 0 Å². The van der Waals surface area contributed by atoms with E-state index in [9.17, 15) is 4.79 Å². The average Bonchev–Trinajstić information content (AvgIpc) is 1.68. The SMILES string of the molecule is C=CC(N)O[C]=O. The number of nitrogens with two attached hydrogens (primary N) is 1. The summed E-state index contributed by atoms with van der Waals surface area (Å²) in [4.78, 5) is 9.30. The van der Waals surface area contributed by atoms with Gasteiger partial charge in [0.2, 0.25) is 0 Å². The molecule has 0 amide bonds. The molecule has 2 N–H and O–H groups in total. The number of carbonyl (C=O) groups excluding carboxylic acids is 1. The lowest BCUT2D eigenvalue weighted by molar-refractivity contribution is 0.226. The van der Waals surface area contributed by atoms with E-state index in [2.05, 4.69) is 11.3 Å². The first-order valence-corrected chi connectivity index (χ1v) is 1.72. The van der Waals surface area contributed by atoms with Gasteiger partial charge in [-0.1, -0.05) is 6.58 Å². The van der Waals surface area contributed by atoms with E-state index in [1.54, 1.807) is 0 Å². The van der Waals surface area contributed by atoms with Gasteiger partial charge in [-0.3, -0.25) is 5.73 Å². The lowest BCUT2D eigenvalue weighted by Gasteiger charge is -1.97. The largest absolute Gasteiger partial charge is 0.435 e. The maximum absolute atomic E-state index is 9.30. The van der Waals surface area contributed by atoms with Crippen LogP contribution in [0, 0.1) is 0 Å². The molecule has 0 saturated heterocycles. The van der Waals surface area contributed by atoms with Crippen LogP contribution in [0.3, 0.4) is 0 Å². The number of hydrogen-bond acceptors (Lipinski definition) is 3. The highest BCUT2D eigenvalue weighted by Gasteiger charge is 1.89. The molecule has 0 rings (SSSR count). The zero-order valence-electron chi connectivity index (χ0n) is 3.76. The zero-order valence-corrected chi connectivity index (χ0v) is 3.76. The first-order chi connectivity index (χ1) is 3.31. The molecule has 0 fully saturated rings. The topological polar surface area (TPSA) is 52.3 Å². The Kier molecular flexibility index (Phi) is 2.96. The van der Waals surface area contributed by atoms with Gasteiger partial charge >= 0.3 is 6.47 Å². The Balaban J connectivity index is 3.15. The molecule has 3 nitrogen and oxygen atoms in total. The second kappa shape index (κ2) is 3.36. The second-order valence-electron chi connectivity index (χ2n) is 0.902. The van der Waals surface area contributed by atoms with Crippen LogP contribution in [-0.4, -0.2) is 12.7 Å². The highest BCUT2D eigenvalue weighted by Crippen LogP contribution is 1.75. The van der Waals surface area contributed by atoms with Crippen LogP contribution in [0.25, 0.3) is 0 Å². The summed E-state index contributed by atoms with van der Waals surface area (Å²) in [7, 11) is 0. The van der Waals surface area contributed by atoms with Gasteiger partial charge in [-0.2, -0.15) is 0 Å². The molecule has 0 aromatic rings. The van der Waals surface area contributed by atoms with Crippen LogP contribution >= 0.6 is 0 Å². The number of rotatable bonds is 3. The predicted octanol–water partition coefficient (Wildman–Crippen LogP) is -0.459. The third-order valence-electron chi connectivity index (χ3n) is 0.417. The lowest BCUT2D eigenvalue weighted by Crippen LogP contribution is -2.19. The Morgan fingerprint density at radius 2 is 2.57 bits per heavy atom. The van der Waals surface area contributed by atoms with Crippen molar-refractivity contribution in [1.82, 2.24) is 0 Å². The van der Waals surface area contributed by atoms with Crippen LogP contribution in [0.4, 0.5) is 0 Å². The lowest BCUT2D eigenvalue weighted by atomic mass is 10.6. The maximum atomic E-state index is 9.30. The fraction of sp³-hybridized carbons (Fsp3) is 0.250. The summed E-state index contributed by atoms with van der Waals surface area (Å²) in [5, 5.41) is 0. The van der Waals surface area contributed by atoms with E-state index in [4.69, 9.17) is 5.73 Å². The van der Waals surface area contributed by atoms with Gasteiger partial charge in [-0.05, 0) is 6.08 Å². The number of hydrogen-bond donors (Lipinski definition) is 1. The standard InChI is InChI=1S/C4H6NO2/c1-2-4(5)7-3-6/h2,4H,1,5H2. The summed E-state index contributed by atoms with van der Waals surface area (Å²) >= 11 is 0. The van der Waals surface area contributed by atoms with Crippen molar-refractivity contribution in [3.05, 3.63) is 12.7 Å². The Labute approximate surface area is 41.8 Å². The van der Waals surface area contributed by atoms with E-state index in [1.165, 1.54) is 12.5 Å². The fourth-order valence-corrected chi connectivity index (χ4v) is 0.104. The normalized spacial score (nSPS) is 12.1. The Morgan fingerprint density at radius 3 is 2.71 bits per heavy atom. The average molecular weight is 100 g/mol. The molecule has 1 radical (unpaired) electrons. The quantitative estimate of drug-likeness (QED) is 0.385. The summed E-state index contributed by atoms with van der Waals surface area (Å²) < 4.78 is 4.05. The van der Waals surface area contributed by atoms with Gasteiger partial charge < -0.3 is 4.74 Å². The maximum Gasteiger partial charge on any atom is 0.419 e. The molecule has 0 aliphatic rings. The predicted molar refractivity (Wildman–Crippen MR) is 25.0 cm³/mol. The van der Waals surface area contributed by atoms with Crippen LogP contribution < -0.4 is 5.73 Å². The third-order valence-corrected chi connectivity index (χ3v) is 0.417. The minimum atomic E-state index is -0.711. The smallest absolute Gasteiger partial charge is 0.419 e. The van der Waals surface area contributed by atoms with Gasteiger partial charge in [-0.25, -0.2) is 4.79 Å². The molecule has 1 unspecified atom stereocenters. The van der Waals surface area contributed by atoms with Crippen molar-refractivity contribution >= 4 is 6.47 Å². The molecule has 0 heterocycles. The Morgan fingerprint density at radius 1 is 2.00 bits per heavy atom. The second-order valence-corrected chi connectivity index (χ2v) is 0.902. The Bertz CT molecular complexity index is 72.1.